The van der Waals surface area contributed by atoms with Crippen LogP contribution in [0.3, 0.4) is 0 Å². The number of carbonyl (C=O) groups is 1. The molecule has 0 unspecified atom stereocenters. The van der Waals surface area contributed by atoms with Crippen molar-refractivity contribution in [1.82, 2.24) is 5.43 Å². The normalized spacial score (nSPS) is 13.8. The first-order valence-corrected chi connectivity index (χ1v) is 9.10. The van der Waals surface area contributed by atoms with E-state index in [-0.39, 0.29) is 12.5 Å². The van der Waals surface area contributed by atoms with Crippen LogP contribution < -0.4 is 19.8 Å². The molecule has 1 aliphatic rings. The molecule has 0 aliphatic carbocycles. The summed E-state index contributed by atoms with van der Waals surface area (Å²) in [5.41, 5.74) is 5.84. The molecular weight excluding hydrogens is 342 g/mol. The van der Waals surface area contributed by atoms with E-state index in [1.165, 1.54) is 18.5 Å². The molecule has 1 amide bonds. The van der Waals surface area contributed by atoms with E-state index >= 15 is 0 Å². The fraction of sp³-hybridized carbons (Fsp3) is 0.333. The molecule has 3 rings (SSSR count). The summed E-state index contributed by atoms with van der Waals surface area (Å²) in [6, 6.07) is 13.5. The van der Waals surface area contributed by atoms with Crippen molar-refractivity contribution >= 4 is 17.8 Å². The van der Waals surface area contributed by atoms with Crippen molar-refractivity contribution < 1.29 is 14.3 Å². The van der Waals surface area contributed by atoms with Crippen molar-refractivity contribution in [1.29, 1.82) is 0 Å². The molecule has 1 heterocycles. The number of ether oxygens (including phenoxy) is 2. The number of methoxy groups -OCH3 is 1. The van der Waals surface area contributed by atoms with Gasteiger partial charge < -0.3 is 14.4 Å². The van der Waals surface area contributed by atoms with E-state index in [9.17, 15) is 4.79 Å². The molecule has 2 aromatic carbocycles. The highest BCUT2D eigenvalue weighted by molar-refractivity contribution is 5.85. The van der Waals surface area contributed by atoms with Crippen molar-refractivity contribution in [2.75, 3.05) is 31.7 Å². The van der Waals surface area contributed by atoms with Crippen LogP contribution in [-0.2, 0) is 4.79 Å². The lowest BCUT2D eigenvalue weighted by atomic mass is 10.1. The van der Waals surface area contributed by atoms with Crippen LogP contribution in [0, 0.1) is 6.92 Å². The maximum Gasteiger partial charge on any atom is 0.277 e. The molecular formula is C21H25N3O3. The van der Waals surface area contributed by atoms with Crippen LogP contribution in [0.4, 0.5) is 5.69 Å². The van der Waals surface area contributed by atoms with E-state index in [2.05, 4.69) is 27.6 Å². The van der Waals surface area contributed by atoms with Crippen LogP contribution in [0.1, 0.15) is 24.0 Å². The lowest BCUT2D eigenvalue weighted by Crippen LogP contribution is -2.24. The van der Waals surface area contributed by atoms with Gasteiger partial charge in [-0.05, 0) is 55.2 Å². The zero-order valence-corrected chi connectivity index (χ0v) is 15.8. The number of aryl methyl sites for hydroxylation is 1. The highest BCUT2D eigenvalue weighted by Gasteiger charge is 2.12. The SMILES string of the molecule is COc1ccccc1OCC(=O)N/N=C\c1ccc(N2CCCC2)cc1C. The molecule has 1 aliphatic heterocycles. The Labute approximate surface area is 159 Å². The third-order valence-corrected chi connectivity index (χ3v) is 4.55. The third-order valence-electron chi connectivity index (χ3n) is 4.55. The van der Waals surface area contributed by atoms with Crippen LogP contribution in [0.15, 0.2) is 47.6 Å². The highest BCUT2D eigenvalue weighted by atomic mass is 16.5. The van der Waals surface area contributed by atoms with Gasteiger partial charge in [-0.1, -0.05) is 18.2 Å². The first-order valence-electron chi connectivity index (χ1n) is 9.10. The topological polar surface area (TPSA) is 63.2 Å². The average molecular weight is 367 g/mol. The first kappa shape index (κ1) is 18.8. The van der Waals surface area contributed by atoms with E-state index in [1.54, 1.807) is 25.5 Å². The van der Waals surface area contributed by atoms with Crippen LogP contribution in [-0.4, -0.2) is 38.9 Å². The van der Waals surface area contributed by atoms with E-state index < -0.39 is 0 Å². The second-order valence-electron chi connectivity index (χ2n) is 6.47. The smallest absolute Gasteiger partial charge is 0.277 e. The zero-order valence-electron chi connectivity index (χ0n) is 15.8. The van der Waals surface area contributed by atoms with Gasteiger partial charge in [0.05, 0.1) is 13.3 Å². The predicted molar refractivity (Wildman–Crippen MR) is 107 cm³/mol. The lowest BCUT2D eigenvalue weighted by molar-refractivity contribution is -0.123. The summed E-state index contributed by atoms with van der Waals surface area (Å²) in [7, 11) is 1.56. The summed E-state index contributed by atoms with van der Waals surface area (Å²) < 4.78 is 10.7. The number of anilines is 1. The van der Waals surface area contributed by atoms with Gasteiger partial charge in [-0.2, -0.15) is 5.10 Å². The fourth-order valence-electron chi connectivity index (χ4n) is 3.06. The lowest BCUT2D eigenvalue weighted by Gasteiger charge is -2.18. The number of benzene rings is 2. The Morgan fingerprint density at radius 3 is 2.63 bits per heavy atom. The standard InChI is InChI=1S/C21H25N3O3/c1-16-13-18(24-11-5-6-12-24)10-9-17(16)14-22-23-21(25)15-27-20-8-4-3-7-19(20)26-2/h3-4,7-10,13-14H,5-6,11-12,15H2,1-2H3,(H,23,25)/b22-14-. The number of nitrogens with one attached hydrogen (secondary N) is 1. The summed E-state index contributed by atoms with van der Waals surface area (Å²) in [6.45, 7) is 4.16. The molecule has 1 fully saturated rings. The minimum atomic E-state index is -0.330. The first-order chi connectivity index (χ1) is 13.2. The molecule has 6 nitrogen and oxygen atoms in total. The van der Waals surface area contributed by atoms with Gasteiger partial charge in [0.25, 0.3) is 5.91 Å². The van der Waals surface area contributed by atoms with Gasteiger partial charge in [-0.15, -0.1) is 0 Å². The van der Waals surface area contributed by atoms with Gasteiger partial charge in [0.1, 0.15) is 0 Å². The molecule has 0 saturated carbocycles. The second-order valence-corrected chi connectivity index (χ2v) is 6.47. The van der Waals surface area contributed by atoms with E-state index in [4.69, 9.17) is 9.47 Å². The van der Waals surface area contributed by atoms with Crippen molar-refractivity contribution in [3.8, 4) is 11.5 Å². The Morgan fingerprint density at radius 1 is 1.19 bits per heavy atom. The van der Waals surface area contributed by atoms with Crippen molar-refractivity contribution in [3.05, 3.63) is 53.6 Å². The number of amides is 1. The average Bonchev–Trinajstić information content (AvgIpc) is 3.22. The Balaban J connectivity index is 1.51. The molecule has 6 heteroatoms. The molecule has 27 heavy (non-hydrogen) atoms. The molecule has 2 aromatic rings. The molecule has 0 radical (unpaired) electrons. The predicted octanol–water partition coefficient (Wildman–Crippen LogP) is 3.13. The molecule has 0 aromatic heterocycles. The van der Waals surface area contributed by atoms with Gasteiger partial charge in [0, 0.05) is 18.8 Å². The van der Waals surface area contributed by atoms with Gasteiger partial charge in [-0.3, -0.25) is 4.79 Å². The van der Waals surface area contributed by atoms with Crippen molar-refractivity contribution in [2.45, 2.75) is 19.8 Å². The number of hydrazone groups is 1. The van der Waals surface area contributed by atoms with Gasteiger partial charge in [0.2, 0.25) is 0 Å². The van der Waals surface area contributed by atoms with Gasteiger partial charge in [-0.25, -0.2) is 5.43 Å². The molecule has 1 saturated heterocycles. The van der Waals surface area contributed by atoms with E-state index in [1.807, 2.05) is 25.1 Å². The number of para-hydroxylation sites is 2. The Kier molecular flexibility index (Phi) is 6.30. The Bertz CT molecular complexity index is 814. The summed E-state index contributed by atoms with van der Waals surface area (Å²) in [5, 5.41) is 4.04. The van der Waals surface area contributed by atoms with Crippen LogP contribution in [0.2, 0.25) is 0 Å². The maximum atomic E-state index is 11.9. The number of hydrogen-bond acceptors (Lipinski definition) is 5. The number of rotatable bonds is 7. The third kappa shape index (κ3) is 5.00. The Morgan fingerprint density at radius 2 is 1.93 bits per heavy atom. The van der Waals surface area contributed by atoms with E-state index in [0.717, 1.165) is 24.2 Å². The maximum absolute atomic E-state index is 11.9. The molecule has 1 N–H and O–H groups in total. The van der Waals surface area contributed by atoms with E-state index in [0.29, 0.717) is 11.5 Å². The van der Waals surface area contributed by atoms with Crippen LogP contribution in [0.25, 0.3) is 0 Å². The minimum Gasteiger partial charge on any atom is -0.493 e. The molecule has 0 spiro atoms. The number of nitrogens with zero attached hydrogens (tertiary/aromatic N) is 2. The molecule has 0 bridgehead atoms. The summed E-state index contributed by atoms with van der Waals surface area (Å²) >= 11 is 0. The van der Waals surface area contributed by atoms with Crippen LogP contribution >= 0.6 is 0 Å². The zero-order chi connectivity index (χ0) is 19.1. The fourth-order valence-corrected chi connectivity index (χ4v) is 3.06. The largest absolute Gasteiger partial charge is 0.493 e. The monoisotopic (exact) mass is 367 g/mol. The molecule has 142 valence electrons. The Hall–Kier alpha value is -3.02. The van der Waals surface area contributed by atoms with Gasteiger partial charge in [0.15, 0.2) is 18.1 Å². The highest BCUT2D eigenvalue weighted by Crippen LogP contribution is 2.25. The minimum absolute atomic E-state index is 0.134. The molecule has 0 atom stereocenters. The summed E-state index contributed by atoms with van der Waals surface area (Å²) in [4.78, 5) is 14.3. The van der Waals surface area contributed by atoms with Crippen molar-refractivity contribution in [3.63, 3.8) is 0 Å². The van der Waals surface area contributed by atoms with Crippen LogP contribution in [0.5, 0.6) is 11.5 Å². The van der Waals surface area contributed by atoms with Gasteiger partial charge >= 0.3 is 0 Å². The quantitative estimate of drug-likeness (QED) is 0.603. The number of hydrogen-bond donors (Lipinski definition) is 1. The van der Waals surface area contributed by atoms with Crippen molar-refractivity contribution in [2.24, 2.45) is 5.10 Å². The summed E-state index contributed by atoms with van der Waals surface area (Å²) in [5.74, 6) is 0.776. The number of carbonyl (C=O) groups excluding carboxylic acids is 1. The summed E-state index contributed by atoms with van der Waals surface area (Å²) in [6.07, 6.45) is 4.17. The second kappa shape index (κ2) is 9.07.